The van der Waals surface area contributed by atoms with Crippen molar-refractivity contribution in [3.8, 4) is 0 Å². The molecule has 1 aliphatic carbocycles. The summed E-state index contributed by atoms with van der Waals surface area (Å²) in [4.78, 5) is 12.7. The van der Waals surface area contributed by atoms with E-state index in [0.29, 0.717) is 6.61 Å². The summed E-state index contributed by atoms with van der Waals surface area (Å²) in [6.45, 7) is 1.35. The molecule has 1 aromatic carbocycles. The standard InChI is InChI=1S/C19H23ClN2O2/c20-18-17(12-24-18)22-11-15(14-7-3-4-8-16(14)22)19(23)21-10-9-13-5-1-2-6-13/h3-4,7-8,11,13,17-18H,1-2,5-6,9-10,12H2,(H,21,23). The number of hydrogen-bond donors (Lipinski definition) is 1. The van der Waals surface area contributed by atoms with Crippen LogP contribution in [0.4, 0.5) is 0 Å². The fourth-order valence-corrected chi connectivity index (χ4v) is 4.17. The van der Waals surface area contributed by atoms with Crippen molar-refractivity contribution < 1.29 is 9.53 Å². The lowest BCUT2D eigenvalue weighted by molar-refractivity contribution is -0.0523. The SMILES string of the molecule is O=C(NCCC1CCCC1)c1cn(C2COC2Cl)c2ccccc12. The van der Waals surface area contributed by atoms with Crippen LogP contribution in [0.15, 0.2) is 30.5 Å². The van der Waals surface area contributed by atoms with Crippen LogP contribution in [0, 0.1) is 5.92 Å². The zero-order valence-corrected chi connectivity index (χ0v) is 14.5. The lowest BCUT2D eigenvalue weighted by Crippen LogP contribution is -2.37. The van der Waals surface area contributed by atoms with Crippen LogP contribution in [0.25, 0.3) is 10.9 Å². The Balaban J connectivity index is 1.51. The number of nitrogens with one attached hydrogen (secondary N) is 1. The molecule has 2 unspecified atom stereocenters. The quantitative estimate of drug-likeness (QED) is 0.829. The number of benzene rings is 1. The largest absolute Gasteiger partial charge is 0.358 e. The summed E-state index contributed by atoms with van der Waals surface area (Å²) in [7, 11) is 0. The molecule has 1 saturated heterocycles. The van der Waals surface area contributed by atoms with Gasteiger partial charge in [0, 0.05) is 23.6 Å². The average molecular weight is 347 g/mol. The topological polar surface area (TPSA) is 43.3 Å². The minimum Gasteiger partial charge on any atom is -0.358 e. The second-order valence-electron chi connectivity index (χ2n) is 6.91. The van der Waals surface area contributed by atoms with E-state index in [1.807, 2.05) is 30.5 Å². The normalized spacial score (nSPS) is 24.2. The van der Waals surface area contributed by atoms with Crippen molar-refractivity contribution >= 4 is 28.4 Å². The van der Waals surface area contributed by atoms with Crippen molar-refractivity contribution in [1.29, 1.82) is 0 Å². The molecule has 1 aliphatic heterocycles. The molecule has 2 aliphatic rings. The Kier molecular flexibility index (Phi) is 4.51. The molecule has 1 amide bonds. The lowest BCUT2D eigenvalue weighted by Gasteiger charge is -2.33. The maximum Gasteiger partial charge on any atom is 0.253 e. The molecule has 0 spiro atoms. The van der Waals surface area contributed by atoms with Gasteiger partial charge in [-0.1, -0.05) is 55.5 Å². The van der Waals surface area contributed by atoms with Gasteiger partial charge in [0.25, 0.3) is 5.91 Å². The maximum absolute atomic E-state index is 12.7. The van der Waals surface area contributed by atoms with E-state index >= 15 is 0 Å². The summed E-state index contributed by atoms with van der Waals surface area (Å²) in [5.41, 5.74) is 1.45. The molecular formula is C19H23ClN2O2. The summed E-state index contributed by atoms with van der Waals surface area (Å²) in [6.07, 6.45) is 8.33. The molecule has 128 valence electrons. The van der Waals surface area contributed by atoms with Crippen molar-refractivity contribution in [3.63, 3.8) is 0 Å². The van der Waals surface area contributed by atoms with Crippen LogP contribution in [-0.2, 0) is 4.74 Å². The van der Waals surface area contributed by atoms with E-state index in [9.17, 15) is 4.79 Å². The number of hydrogen-bond acceptors (Lipinski definition) is 2. The molecule has 4 rings (SSSR count). The van der Waals surface area contributed by atoms with Crippen LogP contribution in [0.2, 0.25) is 0 Å². The zero-order chi connectivity index (χ0) is 16.5. The molecule has 0 bridgehead atoms. The number of rotatable bonds is 5. The smallest absolute Gasteiger partial charge is 0.253 e. The minimum atomic E-state index is -0.320. The summed E-state index contributed by atoms with van der Waals surface area (Å²) < 4.78 is 7.37. The van der Waals surface area contributed by atoms with Crippen molar-refractivity contribution in [1.82, 2.24) is 9.88 Å². The summed E-state index contributed by atoms with van der Waals surface area (Å²) in [6, 6.07) is 8.09. The van der Waals surface area contributed by atoms with Crippen LogP contribution >= 0.6 is 11.6 Å². The van der Waals surface area contributed by atoms with Crippen LogP contribution < -0.4 is 5.32 Å². The number of alkyl halides is 1. The van der Waals surface area contributed by atoms with Gasteiger partial charge in [0.05, 0.1) is 18.2 Å². The first kappa shape index (κ1) is 16.0. The molecule has 2 fully saturated rings. The van der Waals surface area contributed by atoms with Crippen LogP contribution in [-0.4, -0.2) is 29.2 Å². The van der Waals surface area contributed by atoms with E-state index in [1.54, 1.807) is 0 Å². The van der Waals surface area contributed by atoms with E-state index in [4.69, 9.17) is 16.3 Å². The summed E-state index contributed by atoms with van der Waals surface area (Å²) in [5, 5.41) is 4.08. The molecule has 2 aromatic rings. The third-order valence-electron chi connectivity index (χ3n) is 5.38. The predicted octanol–water partition coefficient (Wildman–Crippen LogP) is 4.09. The second kappa shape index (κ2) is 6.77. The van der Waals surface area contributed by atoms with Crippen LogP contribution in [0.3, 0.4) is 0 Å². The zero-order valence-electron chi connectivity index (χ0n) is 13.7. The van der Waals surface area contributed by atoms with E-state index in [2.05, 4.69) is 9.88 Å². The molecule has 2 atom stereocenters. The van der Waals surface area contributed by atoms with Crippen molar-refractivity contribution in [2.45, 2.75) is 43.7 Å². The number of carbonyl (C=O) groups is 1. The molecule has 1 N–H and O–H groups in total. The summed E-state index contributed by atoms with van der Waals surface area (Å²) in [5.74, 6) is 0.796. The number of fused-ring (bicyclic) bond motifs is 1. The minimum absolute atomic E-state index is 0.00862. The molecule has 24 heavy (non-hydrogen) atoms. The highest BCUT2D eigenvalue weighted by molar-refractivity contribution is 6.20. The first-order valence-electron chi connectivity index (χ1n) is 8.87. The molecule has 1 saturated carbocycles. The fourth-order valence-electron chi connectivity index (χ4n) is 3.91. The van der Waals surface area contributed by atoms with E-state index < -0.39 is 0 Å². The van der Waals surface area contributed by atoms with Crippen molar-refractivity contribution in [2.24, 2.45) is 5.92 Å². The van der Waals surface area contributed by atoms with E-state index in [-0.39, 0.29) is 17.5 Å². The van der Waals surface area contributed by atoms with Gasteiger partial charge in [-0.15, -0.1) is 0 Å². The van der Waals surface area contributed by atoms with E-state index in [0.717, 1.165) is 35.3 Å². The van der Waals surface area contributed by atoms with Crippen LogP contribution in [0.1, 0.15) is 48.5 Å². The van der Waals surface area contributed by atoms with Crippen molar-refractivity contribution in [2.75, 3.05) is 13.2 Å². The highest BCUT2D eigenvalue weighted by atomic mass is 35.5. The molecule has 5 heteroatoms. The number of aromatic nitrogens is 1. The number of carbonyl (C=O) groups excluding carboxylic acids is 1. The molecule has 1 aromatic heterocycles. The number of amides is 1. The van der Waals surface area contributed by atoms with Gasteiger partial charge >= 0.3 is 0 Å². The van der Waals surface area contributed by atoms with Gasteiger partial charge in [0.15, 0.2) is 5.56 Å². The van der Waals surface area contributed by atoms with Gasteiger partial charge in [-0.25, -0.2) is 0 Å². The Bertz CT molecular complexity index is 736. The third-order valence-corrected chi connectivity index (χ3v) is 5.80. The Morgan fingerprint density at radius 1 is 1.29 bits per heavy atom. The second-order valence-corrected chi connectivity index (χ2v) is 7.34. The lowest BCUT2D eigenvalue weighted by atomic mass is 10.0. The Morgan fingerprint density at radius 3 is 2.79 bits per heavy atom. The first-order chi connectivity index (χ1) is 11.7. The maximum atomic E-state index is 12.7. The average Bonchev–Trinajstić information content (AvgIpc) is 3.22. The highest BCUT2D eigenvalue weighted by Gasteiger charge is 2.33. The Morgan fingerprint density at radius 2 is 2.08 bits per heavy atom. The predicted molar refractivity (Wildman–Crippen MR) is 95.5 cm³/mol. The highest BCUT2D eigenvalue weighted by Crippen LogP contribution is 2.34. The van der Waals surface area contributed by atoms with Gasteiger partial charge in [0.1, 0.15) is 0 Å². The molecule has 0 radical (unpaired) electrons. The van der Waals surface area contributed by atoms with E-state index in [1.165, 1.54) is 25.7 Å². The van der Waals surface area contributed by atoms with Gasteiger partial charge in [-0.05, 0) is 18.4 Å². The van der Waals surface area contributed by atoms with Gasteiger partial charge in [-0.3, -0.25) is 4.79 Å². The number of halogens is 1. The van der Waals surface area contributed by atoms with Crippen LogP contribution in [0.5, 0.6) is 0 Å². The van der Waals surface area contributed by atoms with Gasteiger partial charge < -0.3 is 14.6 Å². The first-order valence-corrected chi connectivity index (χ1v) is 9.31. The van der Waals surface area contributed by atoms with Gasteiger partial charge in [-0.2, -0.15) is 0 Å². The van der Waals surface area contributed by atoms with Gasteiger partial charge in [0.2, 0.25) is 0 Å². The molecule has 2 heterocycles. The number of para-hydroxylation sites is 1. The molecular weight excluding hydrogens is 324 g/mol. The number of nitrogens with zero attached hydrogens (tertiary/aromatic N) is 1. The summed E-state index contributed by atoms with van der Waals surface area (Å²) >= 11 is 6.15. The monoisotopic (exact) mass is 346 g/mol. The number of ether oxygens (including phenoxy) is 1. The Hall–Kier alpha value is -1.52. The third kappa shape index (κ3) is 2.93. The van der Waals surface area contributed by atoms with Crippen molar-refractivity contribution in [3.05, 3.63) is 36.0 Å². The molecule has 4 nitrogen and oxygen atoms in total. The Labute approximate surface area is 147 Å². The fraction of sp³-hybridized carbons (Fsp3) is 0.526.